The lowest BCUT2D eigenvalue weighted by molar-refractivity contribution is 0.426. The molecule has 0 aliphatic heterocycles. The first-order valence-electron chi connectivity index (χ1n) is 4.69. The molecule has 0 fully saturated rings. The Balaban J connectivity index is 2.86. The Hall–Kier alpha value is -2.30. The van der Waals surface area contributed by atoms with Crippen molar-refractivity contribution in [2.45, 2.75) is 0 Å². The van der Waals surface area contributed by atoms with Crippen LogP contribution in [0, 0.1) is 11.3 Å². The van der Waals surface area contributed by atoms with Crippen molar-refractivity contribution >= 4 is 23.5 Å². The maximum Gasteiger partial charge on any atom is 0.488 e. The molecule has 0 aliphatic rings. The maximum atomic E-state index is 11.4. The molecule has 1 heterocycles. The van der Waals surface area contributed by atoms with E-state index in [4.69, 9.17) is 15.3 Å². The van der Waals surface area contributed by atoms with Gasteiger partial charge in [0.25, 0.3) is 5.56 Å². The first-order chi connectivity index (χ1) is 8.04. The van der Waals surface area contributed by atoms with E-state index in [-0.39, 0.29) is 10.8 Å². The molecule has 0 atom stereocenters. The number of nitriles is 1. The normalized spacial score (nSPS) is 10.2. The Labute approximate surface area is 95.5 Å². The minimum atomic E-state index is -1.68. The van der Waals surface area contributed by atoms with E-state index in [0.29, 0.717) is 5.52 Å². The average Bonchev–Trinajstić information content (AvgIpc) is 2.29. The molecule has 4 N–H and O–H groups in total. The predicted octanol–water partition coefficient (Wildman–Crippen LogP) is -1.21. The fraction of sp³-hybridized carbons (Fsp3) is 0. The third kappa shape index (κ3) is 1.76. The molecule has 17 heavy (non-hydrogen) atoms. The van der Waals surface area contributed by atoms with Gasteiger partial charge in [-0.2, -0.15) is 5.26 Å². The molecular formula is C10H7BN2O4. The number of nitrogens with one attached hydrogen (secondary N) is 1. The van der Waals surface area contributed by atoms with Gasteiger partial charge in [-0.3, -0.25) is 4.79 Å². The van der Waals surface area contributed by atoms with Crippen LogP contribution in [0.15, 0.2) is 23.0 Å². The Morgan fingerprint density at radius 2 is 2.06 bits per heavy atom. The van der Waals surface area contributed by atoms with Crippen molar-refractivity contribution in [3.8, 4) is 11.8 Å². The summed E-state index contributed by atoms with van der Waals surface area (Å²) in [5.74, 6) is -0.464. The topological polar surface area (TPSA) is 117 Å². The second-order valence-corrected chi connectivity index (χ2v) is 3.47. The number of benzene rings is 1. The summed E-state index contributed by atoms with van der Waals surface area (Å²) in [6, 6.07) is 5.70. The molecule has 1 aromatic carbocycles. The summed E-state index contributed by atoms with van der Waals surface area (Å²) in [4.78, 5) is 13.8. The smallest absolute Gasteiger partial charge is 0.488 e. The summed E-state index contributed by atoms with van der Waals surface area (Å²) in [5.41, 5.74) is -0.614. The zero-order chi connectivity index (χ0) is 12.6. The van der Waals surface area contributed by atoms with Crippen molar-refractivity contribution in [3.05, 3.63) is 34.1 Å². The lowest BCUT2D eigenvalue weighted by Crippen LogP contribution is -2.29. The van der Waals surface area contributed by atoms with Crippen molar-refractivity contribution in [2.75, 3.05) is 0 Å². The molecule has 6 nitrogen and oxygen atoms in total. The van der Waals surface area contributed by atoms with E-state index in [1.54, 1.807) is 6.07 Å². The Kier molecular flexibility index (Phi) is 2.59. The Bertz CT molecular complexity index is 687. The van der Waals surface area contributed by atoms with Gasteiger partial charge in [0.15, 0.2) is 5.56 Å². The fourth-order valence-electron chi connectivity index (χ4n) is 1.56. The standard InChI is InChI=1S/C10H7BN2O4/c12-4-7-9(14)6-3-5(11(16)17)1-2-8(6)13-10(7)15/h1-3,16-17H,(H2,13,14,15). The third-order valence-corrected chi connectivity index (χ3v) is 2.42. The highest BCUT2D eigenvalue weighted by molar-refractivity contribution is 6.58. The van der Waals surface area contributed by atoms with Crippen LogP contribution in [-0.2, 0) is 0 Å². The van der Waals surface area contributed by atoms with Crippen LogP contribution in [0.4, 0.5) is 0 Å². The molecule has 0 amide bonds. The zero-order valence-electron chi connectivity index (χ0n) is 8.51. The minimum Gasteiger partial charge on any atom is -0.506 e. The Morgan fingerprint density at radius 1 is 1.35 bits per heavy atom. The summed E-state index contributed by atoms with van der Waals surface area (Å²) in [6.45, 7) is 0. The lowest BCUT2D eigenvalue weighted by atomic mass is 9.79. The molecule has 0 spiro atoms. The van der Waals surface area contributed by atoms with Gasteiger partial charge >= 0.3 is 7.12 Å². The molecule has 0 unspecified atom stereocenters. The van der Waals surface area contributed by atoms with Crippen LogP contribution in [-0.4, -0.2) is 27.3 Å². The van der Waals surface area contributed by atoms with Crippen LogP contribution in [0.25, 0.3) is 10.9 Å². The summed E-state index contributed by atoms with van der Waals surface area (Å²) in [5, 5.41) is 36.6. The molecule has 1 aromatic heterocycles. The highest BCUT2D eigenvalue weighted by atomic mass is 16.4. The van der Waals surface area contributed by atoms with Gasteiger partial charge in [-0.25, -0.2) is 0 Å². The number of aromatic hydroxyl groups is 1. The van der Waals surface area contributed by atoms with Gasteiger partial charge < -0.3 is 20.1 Å². The monoisotopic (exact) mass is 230 g/mol. The largest absolute Gasteiger partial charge is 0.506 e. The van der Waals surface area contributed by atoms with Crippen molar-refractivity contribution in [1.82, 2.24) is 4.98 Å². The number of fused-ring (bicyclic) bond motifs is 1. The molecule has 0 radical (unpaired) electrons. The second kappa shape index (κ2) is 3.94. The number of hydrogen-bond acceptors (Lipinski definition) is 5. The van der Waals surface area contributed by atoms with E-state index in [1.807, 2.05) is 0 Å². The van der Waals surface area contributed by atoms with Crippen LogP contribution in [0.1, 0.15) is 5.56 Å². The Morgan fingerprint density at radius 3 is 2.65 bits per heavy atom. The maximum absolute atomic E-state index is 11.4. The molecule has 0 saturated heterocycles. The van der Waals surface area contributed by atoms with Crippen LogP contribution < -0.4 is 11.0 Å². The van der Waals surface area contributed by atoms with Crippen LogP contribution in [0.3, 0.4) is 0 Å². The van der Waals surface area contributed by atoms with Gasteiger partial charge in [-0.1, -0.05) is 6.07 Å². The molecule has 0 saturated carbocycles. The van der Waals surface area contributed by atoms with Gasteiger partial charge in [0, 0.05) is 5.39 Å². The molecule has 2 aromatic rings. The van der Waals surface area contributed by atoms with E-state index in [9.17, 15) is 9.90 Å². The van der Waals surface area contributed by atoms with E-state index < -0.39 is 24.0 Å². The van der Waals surface area contributed by atoms with Crippen molar-refractivity contribution in [3.63, 3.8) is 0 Å². The van der Waals surface area contributed by atoms with Gasteiger partial charge in [0.2, 0.25) is 0 Å². The van der Waals surface area contributed by atoms with Crippen LogP contribution >= 0.6 is 0 Å². The minimum absolute atomic E-state index is 0.156. The molecule has 7 heteroatoms. The zero-order valence-corrected chi connectivity index (χ0v) is 8.51. The highest BCUT2D eigenvalue weighted by Crippen LogP contribution is 2.23. The predicted molar refractivity (Wildman–Crippen MR) is 60.8 cm³/mol. The molecule has 0 aliphatic carbocycles. The van der Waals surface area contributed by atoms with Crippen LogP contribution in [0.5, 0.6) is 5.75 Å². The highest BCUT2D eigenvalue weighted by Gasteiger charge is 2.15. The number of aromatic nitrogens is 1. The van der Waals surface area contributed by atoms with E-state index in [1.165, 1.54) is 18.2 Å². The third-order valence-electron chi connectivity index (χ3n) is 2.42. The molecular weight excluding hydrogens is 223 g/mol. The van der Waals surface area contributed by atoms with Gasteiger partial charge in [-0.05, 0) is 17.6 Å². The van der Waals surface area contributed by atoms with Gasteiger partial charge in [-0.15, -0.1) is 0 Å². The molecule has 0 bridgehead atoms. The number of aromatic amines is 1. The number of pyridine rings is 1. The van der Waals surface area contributed by atoms with Crippen molar-refractivity contribution in [2.24, 2.45) is 0 Å². The van der Waals surface area contributed by atoms with Gasteiger partial charge in [0.1, 0.15) is 11.8 Å². The van der Waals surface area contributed by atoms with Crippen molar-refractivity contribution in [1.29, 1.82) is 5.26 Å². The summed E-state index contributed by atoms with van der Waals surface area (Å²) < 4.78 is 0. The quantitative estimate of drug-likeness (QED) is 0.458. The number of hydrogen-bond donors (Lipinski definition) is 4. The molecule has 84 valence electrons. The van der Waals surface area contributed by atoms with Gasteiger partial charge in [0.05, 0.1) is 5.52 Å². The van der Waals surface area contributed by atoms with Crippen molar-refractivity contribution < 1.29 is 15.2 Å². The number of nitrogens with zero attached hydrogens (tertiary/aromatic N) is 1. The second-order valence-electron chi connectivity index (χ2n) is 3.47. The lowest BCUT2D eigenvalue weighted by Gasteiger charge is -2.05. The first-order valence-corrected chi connectivity index (χ1v) is 4.69. The summed E-state index contributed by atoms with van der Waals surface area (Å²) >= 11 is 0. The fourth-order valence-corrected chi connectivity index (χ4v) is 1.56. The van der Waals surface area contributed by atoms with E-state index in [2.05, 4.69) is 4.98 Å². The summed E-state index contributed by atoms with van der Waals surface area (Å²) in [6.07, 6.45) is 0. The molecule has 2 rings (SSSR count). The van der Waals surface area contributed by atoms with E-state index in [0.717, 1.165) is 0 Å². The number of H-pyrrole nitrogens is 1. The first kappa shape index (κ1) is 11.2. The average molecular weight is 230 g/mol. The summed E-state index contributed by atoms with van der Waals surface area (Å²) in [7, 11) is -1.68. The van der Waals surface area contributed by atoms with Crippen LogP contribution in [0.2, 0.25) is 0 Å². The SMILES string of the molecule is N#Cc1c(O)c2cc(B(O)O)ccc2[nH]c1=O. The van der Waals surface area contributed by atoms with E-state index >= 15 is 0 Å². The number of rotatable bonds is 1.